The summed E-state index contributed by atoms with van der Waals surface area (Å²) in [7, 11) is -1.99. The number of nitrogens with zero attached hydrogens (tertiary/aromatic N) is 1. The second-order valence-electron chi connectivity index (χ2n) is 9.72. The van der Waals surface area contributed by atoms with Crippen molar-refractivity contribution in [2.45, 2.75) is 26.2 Å². The highest BCUT2D eigenvalue weighted by molar-refractivity contribution is 9.10. The second-order valence-corrected chi connectivity index (χ2v) is 13.3. The van der Waals surface area contributed by atoms with Crippen LogP contribution >= 0.6 is 15.9 Å². The summed E-state index contributed by atoms with van der Waals surface area (Å²) in [6.45, 7) is 2.05. The van der Waals surface area contributed by atoms with Crippen LogP contribution in [0, 0.1) is 11.3 Å². The van der Waals surface area contributed by atoms with Crippen molar-refractivity contribution in [3.63, 3.8) is 0 Å². The number of halogens is 1. The van der Waals surface area contributed by atoms with Crippen molar-refractivity contribution in [2.75, 3.05) is 18.6 Å². The van der Waals surface area contributed by atoms with Gasteiger partial charge >= 0.3 is 0 Å². The number of hydrogen-bond acceptors (Lipinski definition) is 5. The van der Waals surface area contributed by atoms with E-state index in [4.69, 9.17) is 9.47 Å². The molecule has 1 unspecified atom stereocenters. The maximum atomic E-state index is 11.9. The molecule has 0 aliphatic rings. The molecular weight excluding hydrogens is 584 g/mol. The van der Waals surface area contributed by atoms with Crippen LogP contribution in [0.4, 0.5) is 0 Å². The van der Waals surface area contributed by atoms with Crippen LogP contribution in [0.3, 0.4) is 0 Å². The van der Waals surface area contributed by atoms with Gasteiger partial charge in [-0.2, -0.15) is 5.26 Å². The predicted octanol–water partition coefficient (Wildman–Crippen LogP) is 6.97. The van der Waals surface area contributed by atoms with Gasteiger partial charge in [0, 0.05) is 40.2 Å². The van der Waals surface area contributed by atoms with Crippen LogP contribution < -0.4 is 14.8 Å². The Labute approximate surface area is 245 Å². The van der Waals surface area contributed by atoms with E-state index >= 15 is 0 Å². The van der Waals surface area contributed by atoms with E-state index in [1.807, 2.05) is 60.7 Å². The average molecular weight is 618 g/mol. The number of nitriles is 1. The molecule has 4 rings (SSSR count). The van der Waals surface area contributed by atoms with E-state index in [-0.39, 0.29) is 0 Å². The van der Waals surface area contributed by atoms with Gasteiger partial charge in [0.1, 0.15) is 24.7 Å². The fourth-order valence-corrected chi connectivity index (χ4v) is 5.58. The van der Waals surface area contributed by atoms with Crippen LogP contribution in [0.2, 0.25) is 0 Å². The van der Waals surface area contributed by atoms with Crippen molar-refractivity contribution in [2.24, 2.45) is 0 Å². The van der Waals surface area contributed by atoms with Crippen molar-refractivity contribution in [1.29, 1.82) is 5.26 Å². The first-order valence-electron chi connectivity index (χ1n) is 13.0. The molecule has 40 heavy (non-hydrogen) atoms. The van der Waals surface area contributed by atoms with E-state index in [0.717, 1.165) is 45.3 Å². The molecule has 7 heteroatoms. The quantitative estimate of drug-likeness (QED) is 0.130. The Morgan fingerprint density at radius 1 is 0.925 bits per heavy atom. The van der Waals surface area contributed by atoms with Crippen LogP contribution in [0.5, 0.6) is 11.5 Å². The Balaban J connectivity index is 1.48. The molecule has 1 atom stereocenters. The van der Waals surface area contributed by atoms with Gasteiger partial charge in [0.05, 0.1) is 11.6 Å². The number of benzene rings is 4. The molecule has 0 radical (unpaired) electrons. The lowest BCUT2D eigenvalue weighted by atomic mass is 10.0. The molecule has 0 amide bonds. The highest BCUT2D eigenvalue weighted by Gasteiger charge is 2.11. The molecular formula is C33H33BrN2O3S. The van der Waals surface area contributed by atoms with E-state index in [0.29, 0.717) is 42.6 Å². The van der Waals surface area contributed by atoms with Crippen LogP contribution in [0.15, 0.2) is 95.5 Å². The largest absolute Gasteiger partial charge is 0.489 e. The third kappa shape index (κ3) is 8.72. The SMILES string of the molecule is C=S(C)(=O)CCCNCc1ccc(OCc2cccc(-c3ccccc3)c2Br)cc1OCc1cccc(C#N)c1. The number of hydrogen-bond donors (Lipinski definition) is 1. The third-order valence-electron chi connectivity index (χ3n) is 6.29. The Morgan fingerprint density at radius 3 is 2.50 bits per heavy atom. The first-order valence-corrected chi connectivity index (χ1v) is 16.1. The highest BCUT2D eigenvalue weighted by Crippen LogP contribution is 2.32. The fourth-order valence-electron chi connectivity index (χ4n) is 4.22. The minimum atomic E-state index is -1.99. The lowest BCUT2D eigenvalue weighted by molar-refractivity contribution is 0.287. The zero-order chi connectivity index (χ0) is 28.4. The van der Waals surface area contributed by atoms with E-state index in [9.17, 15) is 9.47 Å². The lowest BCUT2D eigenvalue weighted by Crippen LogP contribution is -2.18. The third-order valence-corrected chi connectivity index (χ3v) is 8.38. The summed E-state index contributed by atoms with van der Waals surface area (Å²) >= 11 is 3.78. The van der Waals surface area contributed by atoms with Crippen LogP contribution in [-0.4, -0.2) is 28.6 Å². The molecule has 4 aromatic rings. The molecule has 0 aromatic heterocycles. The number of nitrogens with one attached hydrogen (secondary N) is 1. The van der Waals surface area contributed by atoms with Gasteiger partial charge in [-0.05, 0) is 79.2 Å². The highest BCUT2D eigenvalue weighted by atomic mass is 79.9. The Kier molecular flexibility index (Phi) is 10.4. The standard InChI is InChI=1S/C33H33BrN2O3S/c1-40(2,37)18-8-17-36-22-28-15-16-30(20-32(28)39-23-26-10-6-9-25(19-26)21-35)38-24-29-13-7-14-31(33(29)34)27-11-4-3-5-12-27/h3-7,9-16,19-20,36H,1,8,17-18,22-24H2,2H3. The lowest BCUT2D eigenvalue weighted by Gasteiger charge is -2.16. The van der Waals surface area contributed by atoms with Gasteiger partial charge in [-0.15, -0.1) is 0 Å². The fraction of sp³-hybridized carbons (Fsp3) is 0.212. The first-order chi connectivity index (χ1) is 19.3. The van der Waals surface area contributed by atoms with Gasteiger partial charge in [-0.25, -0.2) is 0 Å². The van der Waals surface area contributed by atoms with E-state index in [2.05, 4.69) is 57.5 Å². The van der Waals surface area contributed by atoms with E-state index < -0.39 is 9.52 Å². The molecule has 0 aliphatic heterocycles. The maximum Gasteiger partial charge on any atom is 0.127 e. The molecule has 0 bridgehead atoms. The zero-order valence-electron chi connectivity index (χ0n) is 22.6. The van der Waals surface area contributed by atoms with Crippen molar-refractivity contribution >= 4 is 31.3 Å². The van der Waals surface area contributed by atoms with Crippen molar-refractivity contribution in [1.82, 2.24) is 5.32 Å². The summed E-state index contributed by atoms with van der Waals surface area (Å²) in [5, 5.41) is 12.6. The molecule has 206 valence electrons. The molecule has 0 saturated carbocycles. The maximum absolute atomic E-state index is 11.9. The summed E-state index contributed by atoms with van der Waals surface area (Å²) in [6, 6.07) is 31.9. The summed E-state index contributed by atoms with van der Waals surface area (Å²) in [6.07, 6.45) is 2.48. The normalized spacial score (nSPS) is 12.3. The van der Waals surface area contributed by atoms with Crippen LogP contribution in [0.1, 0.15) is 28.7 Å². The molecule has 1 N–H and O–H groups in total. The van der Waals surface area contributed by atoms with Crippen molar-refractivity contribution < 1.29 is 13.7 Å². The Bertz CT molecular complexity index is 1580. The van der Waals surface area contributed by atoms with Crippen molar-refractivity contribution in [3.05, 3.63) is 118 Å². The number of rotatable bonds is 13. The minimum absolute atomic E-state index is 0.329. The summed E-state index contributed by atoms with van der Waals surface area (Å²) in [5.74, 6) is 5.72. The zero-order valence-corrected chi connectivity index (χ0v) is 25.0. The average Bonchev–Trinajstić information content (AvgIpc) is 2.96. The second kappa shape index (κ2) is 14.2. The molecule has 0 aliphatic carbocycles. The monoisotopic (exact) mass is 616 g/mol. The molecule has 5 nitrogen and oxygen atoms in total. The molecule has 0 spiro atoms. The van der Waals surface area contributed by atoms with Gasteiger partial charge in [0.2, 0.25) is 0 Å². The Hall–Kier alpha value is -3.57. The summed E-state index contributed by atoms with van der Waals surface area (Å²) in [4.78, 5) is 0. The van der Waals surface area contributed by atoms with Gasteiger partial charge in [-0.3, -0.25) is 4.21 Å². The van der Waals surface area contributed by atoms with E-state index in [1.165, 1.54) is 0 Å². The van der Waals surface area contributed by atoms with Crippen LogP contribution in [-0.2, 0) is 29.3 Å². The smallest absolute Gasteiger partial charge is 0.127 e. The van der Waals surface area contributed by atoms with Crippen LogP contribution in [0.25, 0.3) is 11.1 Å². The van der Waals surface area contributed by atoms with Gasteiger partial charge in [0.15, 0.2) is 0 Å². The van der Waals surface area contributed by atoms with Gasteiger partial charge in [0.25, 0.3) is 0 Å². The molecule has 0 saturated heterocycles. The van der Waals surface area contributed by atoms with Gasteiger partial charge in [-0.1, -0.05) is 66.7 Å². The topological polar surface area (TPSA) is 71.3 Å². The van der Waals surface area contributed by atoms with Gasteiger partial charge < -0.3 is 14.8 Å². The molecule has 0 heterocycles. The number of ether oxygens (including phenoxy) is 2. The minimum Gasteiger partial charge on any atom is -0.489 e. The van der Waals surface area contributed by atoms with E-state index in [1.54, 1.807) is 12.3 Å². The Morgan fingerprint density at radius 2 is 1.73 bits per heavy atom. The summed E-state index contributed by atoms with van der Waals surface area (Å²) < 4.78 is 25.3. The first kappa shape index (κ1) is 29.4. The van der Waals surface area contributed by atoms with Crippen molar-refractivity contribution in [3.8, 4) is 28.7 Å². The molecule has 4 aromatic carbocycles. The summed E-state index contributed by atoms with van der Waals surface area (Å²) in [5.41, 5.74) is 5.80. The predicted molar refractivity (Wildman–Crippen MR) is 168 cm³/mol. The molecule has 0 fully saturated rings.